The van der Waals surface area contributed by atoms with E-state index in [9.17, 15) is 0 Å². The van der Waals surface area contributed by atoms with Crippen LogP contribution in [0.3, 0.4) is 0 Å². The lowest BCUT2D eigenvalue weighted by atomic mass is 9.95. The van der Waals surface area contributed by atoms with Gasteiger partial charge < -0.3 is 14.7 Å². The SMILES string of the molecule is Cc1cc(C#N)nc(N2C[C@@H](CN(C)C)[C@H](CN(C)C)C2)c1. The molecule has 0 spiro atoms. The third kappa shape index (κ3) is 4.19. The summed E-state index contributed by atoms with van der Waals surface area (Å²) in [6.07, 6.45) is 0. The first-order valence-electron chi connectivity index (χ1n) is 7.82. The Morgan fingerprint density at radius 3 is 2.14 bits per heavy atom. The van der Waals surface area contributed by atoms with E-state index in [1.54, 1.807) is 0 Å². The summed E-state index contributed by atoms with van der Waals surface area (Å²) in [4.78, 5) is 11.4. The zero-order chi connectivity index (χ0) is 16.3. The largest absolute Gasteiger partial charge is 0.356 e. The summed E-state index contributed by atoms with van der Waals surface area (Å²) >= 11 is 0. The normalized spacial score (nSPS) is 21.6. The molecule has 2 rings (SSSR count). The van der Waals surface area contributed by atoms with Crippen molar-refractivity contribution in [3.8, 4) is 6.07 Å². The summed E-state index contributed by atoms with van der Waals surface area (Å²) in [5, 5.41) is 9.13. The fourth-order valence-electron chi connectivity index (χ4n) is 3.35. The molecule has 5 nitrogen and oxygen atoms in total. The highest BCUT2D eigenvalue weighted by atomic mass is 15.2. The van der Waals surface area contributed by atoms with Crippen LogP contribution < -0.4 is 4.90 Å². The molecule has 1 fully saturated rings. The van der Waals surface area contributed by atoms with E-state index in [0.29, 0.717) is 17.5 Å². The van der Waals surface area contributed by atoms with Crippen LogP contribution in [0.25, 0.3) is 0 Å². The van der Waals surface area contributed by atoms with Gasteiger partial charge in [0.15, 0.2) is 0 Å². The molecular weight excluding hydrogens is 274 g/mol. The zero-order valence-electron chi connectivity index (χ0n) is 14.4. The summed E-state index contributed by atoms with van der Waals surface area (Å²) < 4.78 is 0. The van der Waals surface area contributed by atoms with Gasteiger partial charge in [-0.05, 0) is 64.6 Å². The van der Waals surface area contributed by atoms with Crippen LogP contribution in [-0.4, -0.2) is 69.2 Å². The molecule has 1 aromatic heterocycles. The Bertz CT molecular complexity index is 528. The van der Waals surface area contributed by atoms with Crippen LogP contribution in [0, 0.1) is 30.1 Å². The van der Waals surface area contributed by atoms with Crippen LogP contribution in [0.5, 0.6) is 0 Å². The maximum atomic E-state index is 9.13. The number of nitrogens with zero attached hydrogens (tertiary/aromatic N) is 5. The van der Waals surface area contributed by atoms with Gasteiger partial charge in [-0.1, -0.05) is 0 Å². The Kier molecular flexibility index (Phi) is 5.38. The second kappa shape index (κ2) is 7.08. The van der Waals surface area contributed by atoms with E-state index >= 15 is 0 Å². The fraction of sp³-hybridized carbons (Fsp3) is 0.647. The molecular formula is C17H27N5. The molecule has 120 valence electrons. The van der Waals surface area contributed by atoms with Crippen LogP contribution in [0.4, 0.5) is 5.82 Å². The van der Waals surface area contributed by atoms with Crippen LogP contribution in [-0.2, 0) is 0 Å². The topological polar surface area (TPSA) is 46.4 Å². The number of aromatic nitrogens is 1. The molecule has 0 amide bonds. The van der Waals surface area contributed by atoms with Crippen molar-refractivity contribution < 1.29 is 0 Å². The molecule has 0 bridgehead atoms. The predicted molar refractivity (Wildman–Crippen MR) is 90.0 cm³/mol. The second-order valence-electron chi connectivity index (χ2n) is 6.95. The molecule has 0 aromatic carbocycles. The smallest absolute Gasteiger partial charge is 0.143 e. The molecule has 0 saturated carbocycles. The Morgan fingerprint density at radius 1 is 1.14 bits per heavy atom. The van der Waals surface area contributed by atoms with Gasteiger partial charge in [0, 0.05) is 26.2 Å². The highest BCUT2D eigenvalue weighted by molar-refractivity contribution is 5.46. The van der Waals surface area contributed by atoms with Crippen molar-refractivity contribution in [2.45, 2.75) is 6.92 Å². The van der Waals surface area contributed by atoms with E-state index in [1.807, 2.05) is 13.0 Å². The maximum Gasteiger partial charge on any atom is 0.143 e. The quantitative estimate of drug-likeness (QED) is 0.823. The summed E-state index contributed by atoms with van der Waals surface area (Å²) in [5.41, 5.74) is 1.61. The van der Waals surface area contributed by atoms with E-state index in [0.717, 1.165) is 37.6 Å². The van der Waals surface area contributed by atoms with Crippen LogP contribution >= 0.6 is 0 Å². The monoisotopic (exact) mass is 301 g/mol. The van der Waals surface area contributed by atoms with Gasteiger partial charge in [-0.2, -0.15) is 5.26 Å². The minimum atomic E-state index is 0.509. The first-order chi connectivity index (χ1) is 10.4. The van der Waals surface area contributed by atoms with E-state index in [-0.39, 0.29) is 0 Å². The summed E-state index contributed by atoms with van der Waals surface area (Å²) in [6.45, 7) is 6.23. The van der Waals surface area contributed by atoms with Crippen molar-refractivity contribution in [1.82, 2.24) is 14.8 Å². The number of anilines is 1. The maximum absolute atomic E-state index is 9.13. The van der Waals surface area contributed by atoms with Gasteiger partial charge in [0.2, 0.25) is 0 Å². The standard InChI is InChI=1S/C17H27N5/c1-13-6-16(8-18)19-17(7-13)22-11-14(9-20(2)3)15(12-22)10-21(4)5/h6-7,14-15H,9-12H2,1-5H3/t14-,15-/m1/s1. The third-order valence-electron chi connectivity index (χ3n) is 4.17. The third-order valence-corrected chi connectivity index (χ3v) is 4.17. The van der Waals surface area contributed by atoms with Crippen molar-refractivity contribution in [3.63, 3.8) is 0 Å². The van der Waals surface area contributed by atoms with E-state index in [4.69, 9.17) is 5.26 Å². The Hall–Kier alpha value is -1.64. The van der Waals surface area contributed by atoms with E-state index < -0.39 is 0 Å². The van der Waals surface area contributed by atoms with Gasteiger partial charge in [0.05, 0.1) is 0 Å². The van der Waals surface area contributed by atoms with Gasteiger partial charge in [-0.15, -0.1) is 0 Å². The molecule has 0 N–H and O–H groups in total. The lowest BCUT2D eigenvalue weighted by Crippen LogP contribution is -2.32. The molecule has 5 heteroatoms. The van der Waals surface area contributed by atoms with E-state index in [2.05, 4.69) is 60.0 Å². The Labute approximate surface area is 134 Å². The van der Waals surface area contributed by atoms with E-state index in [1.165, 1.54) is 0 Å². The molecule has 1 aromatic rings. The molecule has 1 saturated heterocycles. The second-order valence-corrected chi connectivity index (χ2v) is 6.95. The van der Waals surface area contributed by atoms with Gasteiger partial charge in [0.1, 0.15) is 17.6 Å². The van der Waals surface area contributed by atoms with Gasteiger partial charge >= 0.3 is 0 Å². The average molecular weight is 301 g/mol. The highest BCUT2D eigenvalue weighted by Gasteiger charge is 2.34. The Morgan fingerprint density at radius 2 is 1.68 bits per heavy atom. The number of hydrogen-bond acceptors (Lipinski definition) is 5. The summed E-state index contributed by atoms with van der Waals surface area (Å²) in [6, 6.07) is 6.09. The van der Waals surface area contributed by atoms with Gasteiger partial charge in [-0.3, -0.25) is 0 Å². The molecule has 0 aliphatic carbocycles. The predicted octanol–water partition coefficient (Wildman–Crippen LogP) is 1.44. The summed E-state index contributed by atoms with van der Waals surface area (Å²) in [5.74, 6) is 2.21. The van der Waals surface area contributed by atoms with Crippen LogP contribution in [0.15, 0.2) is 12.1 Å². The molecule has 1 aliphatic heterocycles. The first-order valence-corrected chi connectivity index (χ1v) is 7.82. The Balaban J connectivity index is 2.19. The lowest BCUT2D eigenvalue weighted by molar-refractivity contribution is 0.243. The number of nitriles is 1. The van der Waals surface area contributed by atoms with Crippen molar-refractivity contribution in [2.75, 3.05) is 59.3 Å². The minimum absolute atomic E-state index is 0.509. The van der Waals surface area contributed by atoms with Crippen LogP contribution in [0.1, 0.15) is 11.3 Å². The number of aryl methyl sites for hydroxylation is 1. The van der Waals surface area contributed by atoms with Gasteiger partial charge in [-0.25, -0.2) is 4.98 Å². The molecule has 0 radical (unpaired) electrons. The zero-order valence-corrected chi connectivity index (χ0v) is 14.4. The highest BCUT2D eigenvalue weighted by Crippen LogP contribution is 2.29. The van der Waals surface area contributed by atoms with Crippen molar-refractivity contribution in [1.29, 1.82) is 5.26 Å². The van der Waals surface area contributed by atoms with Gasteiger partial charge in [0.25, 0.3) is 0 Å². The summed E-state index contributed by atoms with van der Waals surface area (Å²) in [7, 11) is 8.53. The van der Waals surface area contributed by atoms with Crippen molar-refractivity contribution in [2.24, 2.45) is 11.8 Å². The fourth-order valence-corrected chi connectivity index (χ4v) is 3.35. The lowest BCUT2D eigenvalue weighted by Gasteiger charge is -2.24. The number of rotatable bonds is 5. The molecule has 2 heterocycles. The molecule has 1 aliphatic rings. The van der Waals surface area contributed by atoms with Crippen LogP contribution in [0.2, 0.25) is 0 Å². The first kappa shape index (κ1) is 16.7. The molecule has 0 unspecified atom stereocenters. The molecule has 22 heavy (non-hydrogen) atoms. The van der Waals surface area contributed by atoms with Crippen molar-refractivity contribution >= 4 is 5.82 Å². The number of hydrogen-bond donors (Lipinski definition) is 0. The minimum Gasteiger partial charge on any atom is -0.356 e. The van der Waals surface area contributed by atoms with Crippen molar-refractivity contribution in [3.05, 3.63) is 23.4 Å². The molecule has 2 atom stereocenters. The number of pyridine rings is 1. The average Bonchev–Trinajstić information content (AvgIpc) is 2.79.